The summed E-state index contributed by atoms with van der Waals surface area (Å²) < 4.78 is 4.60. The molecule has 0 amide bonds. The Labute approximate surface area is 127 Å². The second-order valence-electron chi connectivity index (χ2n) is 5.62. The van der Waals surface area contributed by atoms with Crippen LogP contribution in [0.25, 0.3) is 0 Å². The average molecular weight is 318 g/mol. The van der Waals surface area contributed by atoms with Crippen molar-refractivity contribution in [2.45, 2.75) is 48.9 Å². The number of thioether (sulfide) groups is 1. The van der Waals surface area contributed by atoms with Gasteiger partial charge in [-0.05, 0) is 12.8 Å². The van der Waals surface area contributed by atoms with Gasteiger partial charge in [0, 0.05) is 10.5 Å². The molecule has 1 aliphatic rings. The first kappa shape index (κ1) is 17.9. The van der Waals surface area contributed by atoms with Gasteiger partial charge in [0.05, 0.1) is 19.6 Å². The molecule has 0 saturated heterocycles. The molecule has 21 heavy (non-hydrogen) atoms. The minimum atomic E-state index is -1.91. The van der Waals surface area contributed by atoms with Crippen LogP contribution in [0.1, 0.15) is 32.6 Å². The van der Waals surface area contributed by atoms with Gasteiger partial charge in [-0.25, -0.2) is 4.79 Å². The van der Waals surface area contributed by atoms with E-state index in [1.165, 1.54) is 11.8 Å². The number of methoxy groups -OCH3 is 1. The van der Waals surface area contributed by atoms with E-state index in [4.69, 9.17) is 16.6 Å². The summed E-state index contributed by atoms with van der Waals surface area (Å²) in [5.74, 6) is -2.87. The Morgan fingerprint density at radius 3 is 2.38 bits per heavy atom. The van der Waals surface area contributed by atoms with Crippen molar-refractivity contribution in [3.63, 3.8) is 0 Å². The molecule has 0 aliphatic heterocycles. The van der Waals surface area contributed by atoms with Crippen molar-refractivity contribution in [2.75, 3.05) is 12.9 Å². The summed E-state index contributed by atoms with van der Waals surface area (Å²) in [5, 5.41) is 8.71. The van der Waals surface area contributed by atoms with Crippen molar-refractivity contribution in [2.24, 2.45) is 11.5 Å². The normalized spacial score (nSPS) is 20.8. The SMILES string of the molecule is COC(=O)[C@@](N)(CSC1(C)CCC1)C(=O)[C@@H](N)CC(=O)O. The highest BCUT2D eigenvalue weighted by Crippen LogP contribution is 2.44. The van der Waals surface area contributed by atoms with E-state index in [-0.39, 0.29) is 10.5 Å². The molecule has 0 bridgehead atoms. The highest BCUT2D eigenvalue weighted by Gasteiger charge is 2.47. The molecule has 120 valence electrons. The number of aliphatic carboxylic acids is 1. The number of nitrogens with two attached hydrogens (primary N) is 2. The van der Waals surface area contributed by atoms with Crippen LogP contribution in [0.2, 0.25) is 0 Å². The lowest BCUT2D eigenvalue weighted by Crippen LogP contribution is -2.63. The molecule has 0 spiro atoms. The maximum atomic E-state index is 12.3. The Morgan fingerprint density at radius 2 is 2.00 bits per heavy atom. The van der Waals surface area contributed by atoms with E-state index >= 15 is 0 Å². The highest BCUT2D eigenvalue weighted by atomic mass is 32.2. The van der Waals surface area contributed by atoms with E-state index in [0.717, 1.165) is 26.4 Å². The number of esters is 1. The summed E-state index contributed by atoms with van der Waals surface area (Å²) in [6.45, 7) is 2.04. The van der Waals surface area contributed by atoms with Gasteiger partial charge in [0.15, 0.2) is 11.3 Å². The zero-order valence-electron chi connectivity index (χ0n) is 12.3. The average Bonchev–Trinajstić information content (AvgIpc) is 2.39. The van der Waals surface area contributed by atoms with Crippen LogP contribution < -0.4 is 11.5 Å². The number of Topliss-reactive ketones (excluding diaryl/α,β-unsaturated/α-hetero) is 1. The second kappa shape index (κ2) is 6.76. The molecule has 1 fully saturated rings. The molecule has 5 N–H and O–H groups in total. The minimum absolute atomic E-state index is 0.00415. The number of carboxylic acid groups (broad SMARTS) is 1. The fourth-order valence-electron chi connectivity index (χ4n) is 2.13. The van der Waals surface area contributed by atoms with Crippen molar-refractivity contribution in [3.8, 4) is 0 Å². The maximum absolute atomic E-state index is 12.3. The molecule has 0 unspecified atom stereocenters. The fourth-order valence-corrected chi connectivity index (χ4v) is 3.55. The third-order valence-electron chi connectivity index (χ3n) is 3.78. The minimum Gasteiger partial charge on any atom is -0.481 e. The number of carbonyl (C=O) groups excluding carboxylic acids is 2. The van der Waals surface area contributed by atoms with Crippen molar-refractivity contribution >= 4 is 29.5 Å². The summed E-state index contributed by atoms with van der Waals surface area (Å²) in [5.41, 5.74) is 9.59. The molecule has 1 aliphatic carbocycles. The smallest absolute Gasteiger partial charge is 0.334 e. The van der Waals surface area contributed by atoms with E-state index in [1.54, 1.807) is 0 Å². The number of ether oxygens (including phenoxy) is 1. The molecule has 1 saturated carbocycles. The van der Waals surface area contributed by atoms with Crippen LogP contribution >= 0.6 is 11.8 Å². The third-order valence-corrected chi connectivity index (χ3v) is 5.49. The van der Waals surface area contributed by atoms with E-state index in [9.17, 15) is 14.4 Å². The lowest BCUT2D eigenvalue weighted by Gasteiger charge is -2.40. The molecule has 0 aromatic heterocycles. The summed E-state index contributed by atoms with van der Waals surface area (Å²) in [6.07, 6.45) is 2.51. The number of ketones is 1. The molecule has 2 atom stereocenters. The molecular weight excluding hydrogens is 296 g/mol. The Bertz CT molecular complexity index is 438. The van der Waals surface area contributed by atoms with Crippen molar-refractivity contribution < 1.29 is 24.2 Å². The second-order valence-corrected chi connectivity index (χ2v) is 7.19. The summed E-state index contributed by atoms with van der Waals surface area (Å²) in [6, 6.07) is -1.33. The van der Waals surface area contributed by atoms with Gasteiger partial charge in [0.25, 0.3) is 0 Å². The highest BCUT2D eigenvalue weighted by molar-refractivity contribution is 8.00. The van der Waals surface area contributed by atoms with Crippen LogP contribution in [0.3, 0.4) is 0 Å². The van der Waals surface area contributed by atoms with Gasteiger partial charge in [-0.1, -0.05) is 13.3 Å². The van der Waals surface area contributed by atoms with Crippen molar-refractivity contribution in [3.05, 3.63) is 0 Å². The van der Waals surface area contributed by atoms with Crippen LogP contribution in [-0.4, -0.2) is 52.0 Å². The van der Waals surface area contributed by atoms with Crippen LogP contribution in [0.5, 0.6) is 0 Å². The summed E-state index contributed by atoms with van der Waals surface area (Å²) in [7, 11) is 1.13. The molecule has 0 heterocycles. The number of hydrogen-bond donors (Lipinski definition) is 3. The van der Waals surface area contributed by atoms with Crippen LogP contribution in [0.4, 0.5) is 0 Å². The van der Waals surface area contributed by atoms with Crippen molar-refractivity contribution in [1.29, 1.82) is 0 Å². The van der Waals surface area contributed by atoms with E-state index < -0.39 is 35.7 Å². The molecule has 0 aromatic carbocycles. The van der Waals surface area contributed by atoms with Gasteiger partial charge in [-0.15, -0.1) is 0 Å². The van der Waals surface area contributed by atoms with Crippen molar-refractivity contribution in [1.82, 2.24) is 0 Å². The zero-order valence-corrected chi connectivity index (χ0v) is 13.1. The van der Waals surface area contributed by atoms with Gasteiger partial charge in [0.2, 0.25) is 0 Å². The summed E-state index contributed by atoms with van der Waals surface area (Å²) >= 11 is 1.43. The number of hydrogen-bond acceptors (Lipinski definition) is 7. The predicted molar refractivity (Wildman–Crippen MR) is 78.9 cm³/mol. The fraction of sp³-hybridized carbons (Fsp3) is 0.769. The van der Waals surface area contributed by atoms with Gasteiger partial charge < -0.3 is 21.3 Å². The maximum Gasteiger partial charge on any atom is 0.334 e. The van der Waals surface area contributed by atoms with E-state index in [2.05, 4.69) is 4.74 Å². The Morgan fingerprint density at radius 1 is 1.43 bits per heavy atom. The van der Waals surface area contributed by atoms with Gasteiger partial charge in [-0.3, -0.25) is 9.59 Å². The molecule has 1 rings (SSSR count). The quantitative estimate of drug-likeness (QED) is 0.417. The number of rotatable bonds is 8. The Balaban J connectivity index is 2.83. The van der Waals surface area contributed by atoms with Gasteiger partial charge >= 0.3 is 11.9 Å². The Hall–Kier alpha value is -1.12. The van der Waals surface area contributed by atoms with E-state index in [0.29, 0.717) is 0 Å². The van der Waals surface area contributed by atoms with Gasteiger partial charge in [-0.2, -0.15) is 11.8 Å². The topological polar surface area (TPSA) is 133 Å². The van der Waals surface area contributed by atoms with Crippen LogP contribution in [0, 0.1) is 0 Å². The molecule has 8 heteroatoms. The number of carboxylic acids is 1. The Kier molecular flexibility index (Phi) is 5.77. The first-order valence-electron chi connectivity index (χ1n) is 6.67. The molecule has 7 nitrogen and oxygen atoms in total. The molecular formula is C13H22N2O5S. The van der Waals surface area contributed by atoms with Gasteiger partial charge in [0.1, 0.15) is 0 Å². The number of carbonyl (C=O) groups is 3. The standard InChI is InChI=1S/C13H22N2O5S/c1-12(4-3-5-12)21-7-13(15,11(19)20-2)10(18)8(14)6-9(16)17/h8H,3-7,14-15H2,1-2H3,(H,16,17)/t8-,13+/m0/s1. The summed E-state index contributed by atoms with van der Waals surface area (Å²) in [4.78, 5) is 34.9. The lowest BCUT2D eigenvalue weighted by atomic mass is 9.86. The molecule has 0 radical (unpaired) electrons. The predicted octanol–water partition coefficient (Wildman–Crippen LogP) is -0.0962. The van der Waals surface area contributed by atoms with Crippen LogP contribution in [-0.2, 0) is 19.1 Å². The first-order chi connectivity index (χ1) is 9.64. The molecule has 0 aromatic rings. The first-order valence-corrected chi connectivity index (χ1v) is 7.66. The lowest BCUT2D eigenvalue weighted by molar-refractivity contribution is -0.151. The largest absolute Gasteiger partial charge is 0.481 e. The third kappa shape index (κ3) is 4.18. The monoisotopic (exact) mass is 318 g/mol. The van der Waals surface area contributed by atoms with Crippen LogP contribution in [0.15, 0.2) is 0 Å². The van der Waals surface area contributed by atoms with E-state index in [1.807, 2.05) is 6.92 Å². The zero-order chi connectivity index (χ0) is 16.3.